The zero-order valence-electron chi connectivity index (χ0n) is 17.0. The van der Waals surface area contributed by atoms with Crippen LogP contribution >= 0.6 is 23.2 Å². The Morgan fingerprint density at radius 3 is 2.69 bits per heavy atom. The minimum Gasteiger partial charge on any atom is -0.463 e. The summed E-state index contributed by atoms with van der Waals surface area (Å²) < 4.78 is 5.36. The van der Waals surface area contributed by atoms with Gasteiger partial charge in [-0.05, 0) is 50.9 Å². The van der Waals surface area contributed by atoms with Crippen molar-refractivity contribution in [3.8, 4) is 0 Å². The van der Waals surface area contributed by atoms with Gasteiger partial charge in [0, 0.05) is 25.3 Å². The molecule has 1 aromatic rings. The average Bonchev–Trinajstić information content (AvgIpc) is 2.69. The number of hydrogen-bond donors (Lipinski definition) is 1. The van der Waals surface area contributed by atoms with Gasteiger partial charge in [0.2, 0.25) is 0 Å². The van der Waals surface area contributed by atoms with Crippen molar-refractivity contribution in [1.82, 2.24) is 15.1 Å². The quantitative estimate of drug-likeness (QED) is 0.691. The van der Waals surface area contributed by atoms with Crippen LogP contribution in [-0.4, -0.2) is 54.6 Å². The number of hydrogen-bond acceptors (Lipinski definition) is 4. The molecule has 2 unspecified atom stereocenters. The van der Waals surface area contributed by atoms with Crippen molar-refractivity contribution in [2.45, 2.75) is 45.2 Å². The lowest BCUT2D eigenvalue weighted by molar-refractivity contribution is -0.139. The third-order valence-electron chi connectivity index (χ3n) is 5.64. The number of carbonyl (C=O) groups is 2. The molecule has 2 atom stereocenters. The highest BCUT2D eigenvalue weighted by Gasteiger charge is 2.38. The minimum atomic E-state index is -0.650. The molecule has 0 aliphatic carbocycles. The van der Waals surface area contributed by atoms with E-state index in [1.54, 1.807) is 32.2 Å². The maximum absolute atomic E-state index is 13.0. The third-order valence-corrected chi connectivity index (χ3v) is 6.38. The first-order valence-corrected chi connectivity index (χ1v) is 10.7. The van der Waals surface area contributed by atoms with Gasteiger partial charge in [-0.1, -0.05) is 35.7 Å². The van der Waals surface area contributed by atoms with E-state index in [4.69, 9.17) is 27.9 Å². The van der Waals surface area contributed by atoms with E-state index in [1.807, 2.05) is 0 Å². The number of likely N-dealkylation sites (tertiary alicyclic amines) is 1. The summed E-state index contributed by atoms with van der Waals surface area (Å²) in [5.41, 5.74) is 1.79. The van der Waals surface area contributed by atoms with Gasteiger partial charge in [-0.15, -0.1) is 0 Å². The minimum absolute atomic E-state index is 0.251. The summed E-state index contributed by atoms with van der Waals surface area (Å²) >= 11 is 12.3. The molecule has 1 N–H and O–H groups in total. The molecule has 0 aromatic heterocycles. The van der Waals surface area contributed by atoms with Gasteiger partial charge in [-0.2, -0.15) is 0 Å². The Hall–Kier alpha value is -1.76. The molecule has 3 rings (SSSR count). The lowest BCUT2D eigenvalue weighted by Gasteiger charge is -2.39. The Kier molecular flexibility index (Phi) is 7.09. The number of urea groups is 1. The molecule has 2 aliphatic heterocycles. The Bertz CT molecular complexity index is 827. The van der Waals surface area contributed by atoms with Crippen LogP contribution in [0.3, 0.4) is 0 Å². The summed E-state index contributed by atoms with van der Waals surface area (Å²) in [6.07, 6.45) is 3.41. The molecule has 0 saturated carbocycles. The second kappa shape index (κ2) is 9.37. The number of likely N-dealkylation sites (N-methyl/N-ethyl adjacent to an activating group) is 1. The lowest BCUT2D eigenvalue weighted by Crippen LogP contribution is -2.50. The van der Waals surface area contributed by atoms with Gasteiger partial charge in [0.1, 0.15) is 0 Å². The predicted molar refractivity (Wildman–Crippen MR) is 114 cm³/mol. The van der Waals surface area contributed by atoms with Crippen molar-refractivity contribution in [1.29, 1.82) is 0 Å². The first kappa shape index (κ1) is 21.9. The fourth-order valence-corrected chi connectivity index (χ4v) is 4.23. The van der Waals surface area contributed by atoms with Crippen LogP contribution in [0, 0.1) is 0 Å². The van der Waals surface area contributed by atoms with Crippen molar-refractivity contribution in [2.24, 2.45) is 0 Å². The monoisotopic (exact) mass is 439 g/mol. The van der Waals surface area contributed by atoms with Crippen LogP contribution in [0.25, 0.3) is 0 Å². The van der Waals surface area contributed by atoms with E-state index in [2.05, 4.69) is 17.1 Å². The number of nitrogens with one attached hydrogen (secondary N) is 1. The van der Waals surface area contributed by atoms with Gasteiger partial charge < -0.3 is 10.1 Å². The molecule has 0 radical (unpaired) electrons. The van der Waals surface area contributed by atoms with E-state index in [9.17, 15) is 9.59 Å². The average molecular weight is 440 g/mol. The van der Waals surface area contributed by atoms with Crippen molar-refractivity contribution in [2.75, 3.05) is 26.7 Å². The summed E-state index contributed by atoms with van der Waals surface area (Å²) in [4.78, 5) is 29.6. The zero-order valence-corrected chi connectivity index (χ0v) is 18.5. The van der Waals surface area contributed by atoms with Gasteiger partial charge >= 0.3 is 12.0 Å². The lowest BCUT2D eigenvalue weighted by atomic mass is 9.93. The molecule has 1 fully saturated rings. The summed E-state index contributed by atoms with van der Waals surface area (Å²) in [5, 5.41) is 3.69. The van der Waals surface area contributed by atoms with Crippen LogP contribution in [0.1, 0.15) is 44.7 Å². The number of rotatable bonds is 5. The highest BCUT2D eigenvalue weighted by Crippen LogP contribution is 2.34. The molecule has 158 valence electrons. The fraction of sp³-hybridized carbons (Fsp3) is 0.524. The SMILES string of the molecule is CCOC(=O)C1=C(CN2CCCCC2C)N(C)C(=O)NC1c1ccc(Cl)c(Cl)c1. The summed E-state index contributed by atoms with van der Waals surface area (Å²) in [5.74, 6) is -0.435. The predicted octanol–water partition coefficient (Wildman–Crippen LogP) is 4.38. The Morgan fingerprint density at radius 2 is 2.03 bits per heavy atom. The number of esters is 1. The van der Waals surface area contributed by atoms with E-state index in [-0.39, 0.29) is 12.6 Å². The molecule has 1 aromatic carbocycles. The van der Waals surface area contributed by atoms with E-state index in [1.165, 1.54) is 11.3 Å². The van der Waals surface area contributed by atoms with Gasteiger partial charge in [0.05, 0.1) is 28.3 Å². The number of carbonyl (C=O) groups excluding carboxylic acids is 2. The normalized spacial score (nSPS) is 23.2. The molecule has 2 amide bonds. The maximum Gasteiger partial charge on any atom is 0.338 e. The highest BCUT2D eigenvalue weighted by molar-refractivity contribution is 6.42. The van der Waals surface area contributed by atoms with Gasteiger partial charge in [0.15, 0.2) is 0 Å². The van der Waals surface area contributed by atoms with Crippen molar-refractivity contribution in [3.05, 3.63) is 45.1 Å². The standard InChI is InChI=1S/C21H27Cl2N3O3/c1-4-29-20(27)18-17(12-26-10-6-5-7-13(26)2)25(3)21(28)24-19(18)14-8-9-15(22)16(23)11-14/h8-9,11,13,19H,4-7,10,12H2,1-3H3,(H,24,28). The smallest absolute Gasteiger partial charge is 0.338 e. The topological polar surface area (TPSA) is 61.9 Å². The summed E-state index contributed by atoms with van der Waals surface area (Å²) in [6, 6.07) is 4.59. The van der Waals surface area contributed by atoms with Gasteiger partial charge in [0.25, 0.3) is 0 Å². The molecule has 0 spiro atoms. The molecule has 8 heteroatoms. The van der Waals surface area contributed by atoms with E-state index >= 15 is 0 Å². The molecule has 0 bridgehead atoms. The number of piperidine rings is 1. The fourth-order valence-electron chi connectivity index (χ4n) is 3.92. The second-order valence-electron chi connectivity index (χ2n) is 7.51. The number of benzene rings is 1. The first-order chi connectivity index (χ1) is 13.8. The molecule has 2 heterocycles. The highest BCUT2D eigenvalue weighted by atomic mass is 35.5. The molecular formula is C21H27Cl2N3O3. The molecule has 1 saturated heterocycles. The zero-order chi connectivity index (χ0) is 21.1. The van der Waals surface area contributed by atoms with E-state index in [0.717, 1.165) is 19.4 Å². The van der Waals surface area contributed by atoms with E-state index < -0.39 is 12.0 Å². The number of halogens is 2. The van der Waals surface area contributed by atoms with Gasteiger partial charge in [-0.25, -0.2) is 9.59 Å². The van der Waals surface area contributed by atoms with Crippen LogP contribution in [0.2, 0.25) is 10.0 Å². The number of amides is 2. The number of nitrogens with zero attached hydrogens (tertiary/aromatic N) is 2. The summed E-state index contributed by atoms with van der Waals surface area (Å²) in [7, 11) is 1.68. The molecule has 6 nitrogen and oxygen atoms in total. The Labute approximate surface area is 181 Å². The van der Waals surface area contributed by atoms with Crippen molar-refractivity contribution >= 4 is 35.2 Å². The first-order valence-electron chi connectivity index (χ1n) is 9.96. The molecule has 2 aliphatic rings. The van der Waals surface area contributed by atoms with Crippen LogP contribution in [0.5, 0.6) is 0 Å². The van der Waals surface area contributed by atoms with Crippen molar-refractivity contribution in [3.63, 3.8) is 0 Å². The van der Waals surface area contributed by atoms with Crippen LogP contribution in [-0.2, 0) is 9.53 Å². The third kappa shape index (κ3) is 4.71. The summed E-state index contributed by atoms with van der Waals surface area (Å²) in [6.45, 7) is 5.65. The Balaban J connectivity index is 2.08. The van der Waals surface area contributed by atoms with Crippen molar-refractivity contribution < 1.29 is 14.3 Å². The maximum atomic E-state index is 13.0. The Morgan fingerprint density at radius 1 is 1.28 bits per heavy atom. The van der Waals surface area contributed by atoms with E-state index in [0.29, 0.717) is 39.5 Å². The van der Waals surface area contributed by atoms with Crippen LogP contribution < -0.4 is 5.32 Å². The largest absolute Gasteiger partial charge is 0.463 e. The second-order valence-corrected chi connectivity index (χ2v) is 8.33. The molecule has 29 heavy (non-hydrogen) atoms. The number of ether oxygens (including phenoxy) is 1. The molecular weight excluding hydrogens is 413 g/mol. The van der Waals surface area contributed by atoms with Crippen LogP contribution in [0.4, 0.5) is 4.79 Å². The van der Waals surface area contributed by atoms with Gasteiger partial charge in [-0.3, -0.25) is 9.80 Å². The van der Waals surface area contributed by atoms with Crippen LogP contribution in [0.15, 0.2) is 29.5 Å².